The van der Waals surface area contributed by atoms with Gasteiger partial charge in [0.1, 0.15) is 0 Å². The Hall–Kier alpha value is -5.34. The van der Waals surface area contributed by atoms with Crippen molar-refractivity contribution in [2.24, 2.45) is 0 Å². The Kier molecular flexibility index (Phi) is 6.64. The van der Waals surface area contributed by atoms with Crippen molar-refractivity contribution < 1.29 is 0 Å². The second-order valence-corrected chi connectivity index (χ2v) is 12.6. The lowest BCUT2D eigenvalue weighted by atomic mass is 9.80. The number of hydrogen-bond acceptors (Lipinski definition) is 2. The Labute approximate surface area is 265 Å². The molecule has 0 fully saturated rings. The van der Waals surface area contributed by atoms with Crippen LogP contribution in [0.2, 0.25) is 0 Å². The molecule has 1 unspecified atom stereocenters. The fourth-order valence-electron chi connectivity index (χ4n) is 6.99. The lowest BCUT2D eigenvalue weighted by Gasteiger charge is -2.24. The Bertz CT molecular complexity index is 2040. The van der Waals surface area contributed by atoms with Gasteiger partial charge in [0.15, 0.2) is 5.82 Å². The van der Waals surface area contributed by atoms with Crippen LogP contribution in [0.1, 0.15) is 48.4 Å². The molecule has 1 atom stereocenters. The highest BCUT2D eigenvalue weighted by molar-refractivity contribution is 5.82. The van der Waals surface area contributed by atoms with Crippen LogP contribution in [0.5, 0.6) is 0 Å². The van der Waals surface area contributed by atoms with E-state index in [1.807, 2.05) is 24.3 Å². The minimum Gasteiger partial charge on any atom is -0.228 e. The van der Waals surface area contributed by atoms with E-state index in [2.05, 4.69) is 141 Å². The molecule has 2 aliphatic rings. The van der Waals surface area contributed by atoms with Crippen molar-refractivity contribution in [2.75, 3.05) is 0 Å². The maximum atomic E-state index is 5.06. The molecule has 0 amide bonds. The minimum atomic E-state index is 0.00205. The second-order valence-electron chi connectivity index (χ2n) is 12.6. The van der Waals surface area contributed by atoms with Gasteiger partial charge in [-0.3, -0.25) is 0 Å². The van der Waals surface area contributed by atoms with Crippen molar-refractivity contribution in [2.45, 2.75) is 31.6 Å². The second kappa shape index (κ2) is 11.0. The van der Waals surface area contributed by atoms with Crippen LogP contribution in [-0.4, -0.2) is 9.97 Å². The van der Waals surface area contributed by atoms with Crippen molar-refractivity contribution in [1.82, 2.24) is 9.97 Å². The topological polar surface area (TPSA) is 25.8 Å². The van der Waals surface area contributed by atoms with Crippen LogP contribution in [0.15, 0.2) is 152 Å². The number of aromatic nitrogens is 2. The van der Waals surface area contributed by atoms with Crippen molar-refractivity contribution in [3.8, 4) is 45.0 Å². The van der Waals surface area contributed by atoms with Crippen molar-refractivity contribution in [3.63, 3.8) is 0 Å². The summed E-state index contributed by atoms with van der Waals surface area (Å²) in [5, 5.41) is 0. The minimum absolute atomic E-state index is 0.00205. The average Bonchev–Trinajstić information content (AvgIpc) is 3.34. The van der Waals surface area contributed by atoms with Gasteiger partial charge in [0.25, 0.3) is 0 Å². The summed E-state index contributed by atoms with van der Waals surface area (Å²) in [5.41, 5.74) is 14.4. The molecule has 8 rings (SSSR count). The van der Waals surface area contributed by atoms with Gasteiger partial charge >= 0.3 is 0 Å². The van der Waals surface area contributed by atoms with E-state index in [4.69, 9.17) is 9.97 Å². The number of fused-ring (bicyclic) bond motifs is 3. The normalized spacial score (nSPS) is 16.1. The molecule has 0 aliphatic heterocycles. The summed E-state index contributed by atoms with van der Waals surface area (Å²) in [6.07, 6.45) is 8.04. The van der Waals surface area contributed by atoms with Crippen LogP contribution in [-0.2, 0) is 5.41 Å². The molecule has 45 heavy (non-hydrogen) atoms. The van der Waals surface area contributed by atoms with Crippen molar-refractivity contribution in [3.05, 3.63) is 174 Å². The molecule has 2 nitrogen and oxygen atoms in total. The van der Waals surface area contributed by atoms with Gasteiger partial charge in [-0.05, 0) is 57.5 Å². The Morgan fingerprint density at radius 3 is 2.00 bits per heavy atom. The van der Waals surface area contributed by atoms with E-state index in [-0.39, 0.29) is 5.41 Å². The zero-order valence-electron chi connectivity index (χ0n) is 25.6. The molecule has 0 N–H and O–H groups in total. The van der Waals surface area contributed by atoms with E-state index in [1.54, 1.807) is 0 Å². The number of hydrogen-bond donors (Lipinski definition) is 0. The smallest absolute Gasteiger partial charge is 0.160 e. The number of rotatable bonds is 5. The molecule has 5 aromatic carbocycles. The molecule has 216 valence electrons. The van der Waals surface area contributed by atoms with E-state index >= 15 is 0 Å². The highest BCUT2D eigenvalue weighted by atomic mass is 14.9. The molecule has 0 spiro atoms. The molecule has 0 saturated heterocycles. The summed E-state index contributed by atoms with van der Waals surface area (Å²) in [6.45, 7) is 4.71. The lowest BCUT2D eigenvalue weighted by molar-refractivity contribution is 0.658. The van der Waals surface area contributed by atoms with Crippen LogP contribution in [0, 0.1) is 0 Å². The third-order valence-electron chi connectivity index (χ3n) is 9.42. The van der Waals surface area contributed by atoms with E-state index in [1.165, 1.54) is 39.0 Å². The molecule has 1 aromatic heterocycles. The van der Waals surface area contributed by atoms with Crippen molar-refractivity contribution in [1.29, 1.82) is 0 Å². The predicted molar refractivity (Wildman–Crippen MR) is 187 cm³/mol. The number of benzene rings is 5. The molecule has 6 aromatic rings. The monoisotopic (exact) mass is 578 g/mol. The molecule has 0 saturated carbocycles. The van der Waals surface area contributed by atoms with Crippen LogP contribution in [0.4, 0.5) is 0 Å². The molecule has 1 heterocycles. The zero-order valence-corrected chi connectivity index (χ0v) is 25.6. The molecular formula is C43H34N2. The fraction of sp³-hybridized carbons (Fsp3) is 0.116. The summed E-state index contributed by atoms with van der Waals surface area (Å²) < 4.78 is 0. The third-order valence-corrected chi connectivity index (χ3v) is 9.42. The first-order valence-corrected chi connectivity index (χ1v) is 15.8. The highest BCUT2D eigenvalue weighted by Crippen LogP contribution is 2.49. The first-order valence-electron chi connectivity index (χ1n) is 15.8. The summed E-state index contributed by atoms with van der Waals surface area (Å²) >= 11 is 0. The summed E-state index contributed by atoms with van der Waals surface area (Å²) in [7, 11) is 0. The highest BCUT2D eigenvalue weighted by Gasteiger charge is 2.35. The SMILES string of the molecule is CC1(C)c2ccccc2-c2ccc(C3C=C(c4cccc(-c5cc(-c6ccccc6)nc(-c6ccccc6)n5)c4)C=CC3)cc21. The number of allylic oxidation sites excluding steroid dienone is 4. The molecule has 0 radical (unpaired) electrons. The molecule has 2 aliphatic carbocycles. The molecule has 2 heteroatoms. The maximum absolute atomic E-state index is 5.06. The quantitative estimate of drug-likeness (QED) is 0.203. The largest absolute Gasteiger partial charge is 0.228 e. The van der Waals surface area contributed by atoms with E-state index in [9.17, 15) is 0 Å². The van der Waals surface area contributed by atoms with Gasteiger partial charge in [0.2, 0.25) is 0 Å². The van der Waals surface area contributed by atoms with E-state index in [0.717, 1.165) is 40.3 Å². The Balaban J connectivity index is 1.16. The lowest BCUT2D eigenvalue weighted by Crippen LogP contribution is -2.15. The van der Waals surface area contributed by atoms with Gasteiger partial charge in [-0.1, -0.05) is 153 Å². The van der Waals surface area contributed by atoms with Gasteiger partial charge < -0.3 is 0 Å². The van der Waals surface area contributed by atoms with Crippen LogP contribution < -0.4 is 0 Å². The number of nitrogens with zero attached hydrogens (tertiary/aromatic N) is 2. The fourth-order valence-corrected chi connectivity index (χ4v) is 6.99. The summed E-state index contributed by atoms with van der Waals surface area (Å²) in [6, 6.07) is 47.5. The van der Waals surface area contributed by atoms with Crippen molar-refractivity contribution >= 4 is 5.57 Å². The third kappa shape index (κ3) is 4.93. The summed E-state index contributed by atoms with van der Waals surface area (Å²) in [4.78, 5) is 10.0. The van der Waals surface area contributed by atoms with Gasteiger partial charge in [0.05, 0.1) is 11.4 Å². The van der Waals surface area contributed by atoms with E-state index in [0.29, 0.717) is 5.92 Å². The Morgan fingerprint density at radius 2 is 1.20 bits per heavy atom. The average molecular weight is 579 g/mol. The van der Waals surface area contributed by atoms with Gasteiger partial charge in [0, 0.05) is 28.0 Å². The molecular weight excluding hydrogens is 544 g/mol. The first-order chi connectivity index (χ1) is 22.0. The van der Waals surface area contributed by atoms with Crippen LogP contribution in [0.25, 0.3) is 50.6 Å². The molecule has 0 bridgehead atoms. The standard InChI is InChI=1S/C43H34N2/c1-43(2)38-22-10-9-21-36(38)37-24-23-34(27-39(37)43)32-18-11-17-31(25-32)33-19-12-20-35(26-33)41-28-40(29-13-5-3-6-14-29)44-42(45-41)30-15-7-4-8-16-30/h3-17,19-28,32H,18H2,1-2H3. The maximum Gasteiger partial charge on any atom is 0.160 e. The van der Waals surface area contributed by atoms with Gasteiger partial charge in [-0.25, -0.2) is 9.97 Å². The van der Waals surface area contributed by atoms with Gasteiger partial charge in [-0.15, -0.1) is 0 Å². The zero-order chi connectivity index (χ0) is 30.4. The van der Waals surface area contributed by atoms with E-state index < -0.39 is 0 Å². The predicted octanol–water partition coefficient (Wildman–Crippen LogP) is 10.9. The van der Waals surface area contributed by atoms with Crippen LogP contribution in [0.3, 0.4) is 0 Å². The Morgan fingerprint density at radius 1 is 0.556 bits per heavy atom. The summed E-state index contributed by atoms with van der Waals surface area (Å²) in [5.74, 6) is 1.06. The van der Waals surface area contributed by atoms with Gasteiger partial charge in [-0.2, -0.15) is 0 Å². The van der Waals surface area contributed by atoms with Crippen LogP contribution >= 0.6 is 0 Å². The first kappa shape index (κ1) is 27.2.